The first kappa shape index (κ1) is 13.0. The van der Waals surface area contributed by atoms with Crippen LogP contribution in [0.1, 0.15) is 15.2 Å². The SMILES string of the molecule is O=C(NCc1cccs1)c1cc(F)cc2[nH]c(=S)[nH]c12. The molecule has 0 aliphatic rings. The average molecular weight is 307 g/mol. The van der Waals surface area contributed by atoms with Gasteiger partial charge in [0.25, 0.3) is 5.91 Å². The first-order chi connectivity index (χ1) is 9.63. The predicted octanol–water partition coefficient (Wildman–Crippen LogP) is 3.36. The highest BCUT2D eigenvalue weighted by molar-refractivity contribution is 7.71. The largest absolute Gasteiger partial charge is 0.347 e. The Kier molecular flexibility index (Phi) is 3.37. The Bertz CT molecular complexity index is 820. The molecule has 7 heteroatoms. The summed E-state index contributed by atoms with van der Waals surface area (Å²) in [6.45, 7) is 0.416. The average Bonchev–Trinajstić information content (AvgIpc) is 3.03. The third kappa shape index (κ3) is 2.50. The fraction of sp³-hybridized carbons (Fsp3) is 0.0769. The van der Waals surface area contributed by atoms with E-state index in [0.717, 1.165) is 4.88 Å². The van der Waals surface area contributed by atoms with Crippen molar-refractivity contribution < 1.29 is 9.18 Å². The van der Waals surface area contributed by atoms with Gasteiger partial charge in [0, 0.05) is 4.88 Å². The third-order valence-corrected chi connectivity index (χ3v) is 3.92. The van der Waals surface area contributed by atoms with Crippen LogP contribution in [0.25, 0.3) is 11.0 Å². The van der Waals surface area contributed by atoms with Gasteiger partial charge < -0.3 is 15.3 Å². The summed E-state index contributed by atoms with van der Waals surface area (Å²) in [6.07, 6.45) is 0. The first-order valence-electron chi connectivity index (χ1n) is 5.85. The Hall–Kier alpha value is -1.99. The standard InChI is InChI=1S/C13H10FN3OS2/c14-7-4-9(11-10(5-7)16-13(19)17-11)12(18)15-6-8-2-1-3-20-8/h1-5H,6H2,(H,15,18)(H2,16,17,19). The van der Waals surface area contributed by atoms with Crippen LogP contribution in [-0.2, 0) is 6.54 Å². The van der Waals surface area contributed by atoms with Crippen molar-refractivity contribution in [3.63, 3.8) is 0 Å². The Morgan fingerprint density at radius 1 is 1.40 bits per heavy atom. The Balaban J connectivity index is 1.92. The Labute approximate surface area is 122 Å². The molecule has 0 saturated carbocycles. The number of carbonyl (C=O) groups excluding carboxylic acids is 1. The first-order valence-corrected chi connectivity index (χ1v) is 7.14. The van der Waals surface area contributed by atoms with Crippen molar-refractivity contribution in [2.24, 2.45) is 0 Å². The van der Waals surface area contributed by atoms with Crippen molar-refractivity contribution in [1.29, 1.82) is 0 Å². The highest BCUT2D eigenvalue weighted by Gasteiger charge is 2.13. The summed E-state index contributed by atoms with van der Waals surface area (Å²) in [5.74, 6) is -0.822. The minimum absolute atomic E-state index is 0.240. The number of imidazole rings is 1. The van der Waals surface area contributed by atoms with Crippen LogP contribution in [0.3, 0.4) is 0 Å². The van der Waals surface area contributed by atoms with Crippen LogP contribution >= 0.6 is 23.6 Å². The molecule has 0 atom stereocenters. The van der Waals surface area contributed by atoms with E-state index in [0.29, 0.717) is 22.3 Å². The lowest BCUT2D eigenvalue weighted by atomic mass is 10.1. The number of hydrogen-bond acceptors (Lipinski definition) is 3. The summed E-state index contributed by atoms with van der Waals surface area (Å²) in [5, 5.41) is 4.70. The number of aromatic nitrogens is 2. The molecule has 102 valence electrons. The molecule has 0 aliphatic heterocycles. The van der Waals surface area contributed by atoms with Gasteiger partial charge in [0.15, 0.2) is 4.77 Å². The van der Waals surface area contributed by atoms with E-state index < -0.39 is 5.82 Å². The van der Waals surface area contributed by atoms with Gasteiger partial charge in [0.2, 0.25) is 0 Å². The Morgan fingerprint density at radius 3 is 3.00 bits per heavy atom. The van der Waals surface area contributed by atoms with Crippen molar-refractivity contribution in [2.45, 2.75) is 6.54 Å². The molecule has 0 aliphatic carbocycles. The van der Waals surface area contributed by atoms with E-state index in [-0.39, 0.29) is 11.5 Å². The number of halogens is 1. The molecular weight excluding hydrogens is 297 g/mol. The molecule has 1 aromatic carbocycles. The van der Waals surface area contributed by atoms with Gasteiger partial charge in [-0.15, -0.1) is 11.3 Å². The van der Waals surface area contributed by atoms with Crippen LogP contribution in [0.5, 0.6) is 0 Å². The quantitative estimate of drug-likeness (QED) is 0.650. The maximum Gasteiger partial charge on any atom is 0.253 e. The topological polar surface area (TPSA) is 60.7 Å². The van der Waals surface area contributed by atoms with Gasteiger partial charge >= 0.3 is 0 Å². The van der Waals surface area contributed by atoms with Gasteiger partial charge in [-0.1, -0.05) is 6.07 Å². The summed E-state index contributed by atoms with van der Waals surface area (Å²) in [7, 11) is 0. The molecule has 1 amide bonds. The van der Waals surface area contributed by atoms with Crippen LogP contribution in [0.15, 0.2) is 29.6 Å². The van der Waals surface area contributed by atoms with Gasteiger partial charge in [-0.3, -0.25) is 4.79 Å². The second-order valence-electron chi connectivity index (χ2n) is 4.22. The molecule has 0 fully saturated rings. The highest BCUT2D eigenvalue weighted by atomic mass is 32.1. The van der Waals surface area contributed by atoms with Gasteiger partial charge in [0.1, 0.15) is 5.82 Å². The van der Waals surface area contributed by atoms with Gasteiger partial charge in [0.05, 0.1) is 23.1 Å². The normalized spacial score (nSPS) is 10.8. The van der Waals surface area contributed by atoms with E-state index in [4.69, 9.17) is 12.2 Å². The number of thiophene rings is 1. The van der Waals surface area contributed by atoms with E-state index in [2.05, 4.69) is 15.3 Å². The van der Waals surface area contributed by atoms with E-state index in [1.807, 2.05) is 17.5 Å². The monoisotopic (exact) mass is 307 g/mol. The zero-order valence-electron chi connectivity index (χ0n) is 10.2. The van der Waals surface area contributed by atoms with E-state index in [1.54, 1.807) is 11.3 Å². The number of benzene rings is 1. The molecule has 0 unspecified atom stereocenters. The molecule has 0 spiro atoms. The number of rotatable bonds is 3. The number of aromatic amines is 2. The third-order valence-electron chi connectivity index (χ3n) is 2.84. The number of nitrogens with one attached hydrogen (secondary N) is 3. The van der Waals surface area contributed by atoms with Crippen LogP contribution in [0, 0.1) is 10.6 Å². The van der Waals surface area contributed by atoms with Gasteiger partial charge in [-0.25, -0.2) is 4.39 Å². The van der Waals surface area contributed by atoms with E-state index in [9.17, 15) is 9.18 Å². The van der Waals surface area contributed by atoms with Crippen LogP contribution < -0.4 is 5.32 Å². The maximum atomic E-state index is 13.5. The fourth-order valence-electron chi connectivity index (χ4n) is 1.96. The lowest BCUT2D eigenvalue weighted by Crippen LogP contribution is -2.22. The number of hydrogen-bond donors (Lipinski definition) is 3. The highest BCUT2D eigenvalue weighted by Crippen LogP contribution is 2.18. The molecule has 4 nitrogen and oxygen atoms in total. The molecule has 0 radical (unpaired) electrons. The molecule has 20 heavy (non-hydrogen) atoms. The maximum absolute atomic E-state index is 13.5. The summed E-state index contributed by atoms with van der Waals surface area (Å²) in [4.78, 5) is 18.9. The van der Waals surface area contributed by atoms with Crippen molar-refractivity contribution in [3.8, 4) is 0 Å². The van der Waals surface area contributed by atoms with Crippen molar-refractivity contribution in [3.05, 3.63) is 50.7 Å². The molecule has 0 bridgehead atoms. The predicted molar refractivity (Wildman–Crippen MR) is 78.9 cm³/mol. The smallest absolute Gasteiger partial charge is 0.253 e. The summed E-state index contributed by atoms with van der Waals surface area (Å²) < 4.78 is 13.9. The van der Waals surface area contributed by atoms with Crippen LogP contribution in [0.4, 0.5) is 4.39 Å². The zero-order chi connectivity index (χ0) is 14.1. The van der Waals surface area contributed by atoms with Crippen molar-refractivity contribution >= 4 is 40.5 Å². The Morgan fingerprint density at radius 2 is 2.25 bits per heavy atom. The van der Waals surface area contributed by atoms with Gasteiger partial charge in [-0.2, -0.15) is 0 Å². The number of amides is 1. The summed E-state index contributed by atoms with van der Waals surface area (Å²) >= 11 is 6.52. The van der Waals surface area contributed by atoms with Crippen LogP contribution in [0.2, 0.25) is 0 Å². The van der Waals surface area contributed by atoms with E-state index in [1.165, 1.54) is 12.1 Å². The lowest BCUT2D eigenvalue weighted by molar-refractivity contribution is 0.0952. The second kappa shape index (κ2) is 5.18. The zero-order valence-corrected chi connectivity index (χ0v) is 11.8. The van der Waals surface area contributed by atoms with E-state index >= 15 is 0 Å². The van der Waals surface area contributed by atoms with Crippen molar-refractivity contribution in [1.82, 2.24) is 15.3 Å². The number of H-pyrrole nitrogens is 2. The minimum Gasteiger partial charge on any atom is -0.347 e. The van der Waals surface area contributed by atoms with Gasteiger partial charge in [-0.05, 0) is 35.8 Å². The molecule has 3 aromatic rings. The molecular formula is C13H10FN3OS2. The molecule has 3 N–H and O–H groups in total. The molecule has 2 aromatic heterocycles. The fourth-order valence-corrected chi connectivity index (χ4v) is 2.82. The van der Waals surface area contributed by atoms with Crippen LogP contribution in [-0.4, -0.2) is 15.9 Å². The summed E-state index contributed by atoms with van der Waals surface area (Å²) in [5.41, 5.74) is 1.24. The molecule has 2 heterocycles. The lowest BCUT2D eigenvalue weighted by Gasteiger charge is -2.05. The number of fused-ring (bicyclic) bond motifs is 1. The second-order valence-corrected chi connectivity index (χ2v) is 5.66. The minimum atomic E-state index is -0.482. The number of carbonyl (C=O) groups is 1. The molecule has 3 rings (SSSR count). The summed E-state index contributed by atoms with van der Waals surface area (Å²) in [6, 6.07) is 6.34. The molecule has 0 saturated heterocycles. The van der Waals surface area contributed by atoms with Crippen molar-refractivity contribution in [2.75, 3.05) is 0 Å².